The molecule has 0 aliphatic rings. The van der Waals surface area contributed by atoms with Crippen molar-refractivity contribution in [3.05, 3.63) is 29.3 Å². The lowest BCUT2D eigenvalue weighted by molar-refractivity contribution is -0.132. The summed E-state index contributed by atoms with van der Waals surface area (Å²) in [5.41, 5.74) is 1.02. The van der Waals surface area contributed by atoms with Crippen LogP contribution in [0.25, 0.3) is 6.08 Å². The van der Waals surface area contributed by atoms with E-state index < -0.39 is 12.0 Å². The van der Waals surface area contributed by atoms with Gasteiger partial charge in [0.2, 0.25) is 0 Å². The van der Waals surface area contributed by atoms with E-state index in [0.717, 1.165) is 25.7 Å². The number of aliphatic carboxylic acids is 1. The lowest BCUT2D eigenvalue weighted by Crippen LogP contribution is -2.07. The summed E-state index contributed by atoms with van der Waals surface area (Å²) in [5.74, 6) is 0.318. The highest BCUT2D eigenvalue weighted by molar-refractivity contribution is 7.64. The van der Waals surface area contributed by atoms with E-state index in [1.807, 2.05) is 0 Å². The van der Waals surface area contributed by atoms with Crippen LogP contribution in [0.5, 0.6) is 11.5 Å². The lowest BCUT2D eigenvalue weighted by atomic mass is 10.0. The first-order valence-electron chi connectivity index (χ1n) is 7.99. The highest BCUT2D eigenvalue weighted by Crippen LogP contribution is 2.29. The van der Waals surface area contributed by atoms with Gasteiger partial charge in [0.15, 0.2) is 0 Å². The van der Waals surface area contributed by atoms with Crippen molar-refractivity contribution in [1.29, 1.82) is 0 Å². The predicted molar refractivity (Wildman–Crippen MR) is 106 cm³/mol. The summed E-state index contributed by atoms with van der Waals surface area (Å²) < 4.78 is 10.5. The van der Waals surface area contributed by atoms with Crippen LogP contribution in [0.15, 0.2) is 23.8 Å². The summed E-state index contributed by atoms with van der Waals surface area (Å²) in [5, 5.41) is 9.45. The number of ether oxygens (including phenoxy) is 2. The normalized spacial score (nSPS) is 12.1. The Kier molecular flexibility index (Phi) is 9.72. The molecule has 0 radical (unpaired) electrons. The maximum atomic E-state index is 11.5. The molecule has 0 spiro atoms. The molecule has 140 valence electrons. The molecular weight excluding hydrogens is 403 g/mol. The highest BCUT2D eigenvalue weighted by Gasteiger charge is 2.23. The number of methoxy groups -OCH3 is 2. The average molecular weight is 426 g/mol. The van der Waals surface area contributed by atoms with Gasteiger partial charge in [-0.3, -0.25) is 0 Å². The van der Waals surface area contributed by atoms with E-state index >= 15 is 0 Å². The number of rotatable bonds is 11. The summed E-state index contributed by atoms with van der Waals surface area (Å²) in [6, 6.07) is 3.38. The van der Waals surface area contributed by atoms with Gasteiger partial charge >= 0.3 is 12.0 Å². The van der Waals surface area contributed by atoms with Crippen molar-refractivity contribution in [1.82, 2.24) is 0 Å². The van der Waals surface area contributed by atoms with Gasteiger partial charge < -0.3 is 14.6 Å². The SMILES string of the molecule is COc1ccc(OC)c(/C=C(\CCCCCC[Si](Cl)(Cl)Cl)C(=O)O)c1. The number of hydrogen-bond donors (Lipinski definition) is 1. The maximum Gasteiger partial charge on any atom is 0.341 e. The van der Waals surface area contributed by atoms with Crippen LogP contribution in [0.3, 0.4) is 0 Å². The molecule has 0 fully saturated rings. The van der Waals surface area contributed by atoms with Gasteiger partial charge in [-0.1, -0.05) is 19.3 Å². The van der Waals surface area contributed by atoms with Crippen LogP contribution >= 0.6 is 33.2 Å². The van der Waals surface area contributed by atoms with Gasteiger partial charge in [0.05, 0.1) is 14.2 Å². The van der Waals surface area contributed by atoms with Crippen LogP contribution in [0.1, 0.15) is 37.7 Å². The molecule has 4 nitrogen and oxygen atoms in total. The second kappa shape index (κ2) is 11.0. The van der Waals surface area contributed by atoms with Crippen LogP contribution < -0.4 is 9.47 Å². The van der Waals surface area contributed by atoms with Crippen LogP contribution in [-0.2, 0) is 4.79 Å². The molecule has 0 unspecified atom stereocenters. The van der Waals surface area contributed by atoms with E-state index in [2.05, 4.69) is 0 Å². The lowest BCUT2D eigenvalue weighted by Gasteiger charge is -2.09. The number of carboxylic acids is 1. The first-order chi connectivity index (χ1) is 11.8. The van der Waals surface area contributed by atoms with Gasteiger partial charge in [0.1, 0.15) is 11.5 Å². The zero-order valence-electron chi connectivity index (χ0n) is 14.4. The molecule has 0 amide bonds. The van der Waals surface area contributed by atoms with Crippen LogP contribution in [0.2, 0.25) is 6.04 Å². The minimum Gasteiger partial charge on any atom is -0.497 e. The molecule has 25 heavy (non-hydrogen) atoms. The van der Waals surface area contributed by atoms with E-state index in [-0.39, 0.29) is 0 Å². The van der Waals surface area contributed by atoms with E-state index in [4.69, 9.17) is 42.7 Å². The molecule has 0 aliphatic carbocycles. The fraction of sp³-hybridized carbons (Fsp3) is 0.471. The van der Waals surface area contributed by atoms with Crippen molar-refractivity contribution < 1.29 is 19.4 Å². The second-order valence-corrected chi connectivity index (χ2v) is 14.9. The molecule has 8 heteroatoms. The first kappa shape index (κ1) is 22.2. The van der Waals surface area contributed by atoms with Gasteiger partial charge in [-0.2, -0.15) is 0 Å². The van der Waals surface area contributed by atoms with Gasteiger partial charge in [0.25, 0.3) is 0 Å². The fourth-order valence-corrected chi connectivity index (χ4v) is 4.23. The molecule has 0 heterocycles. The van der Waals surface area contributed by atoms with E-state index in [9.17, 15) is 9.90 Å². The molecule has 0 aliphatic heterocycles. The van der Waals surface area contributed by atoms with Gasteiger partial charge in [-0.15, -0.1) is 33.2 Å². The maximum absolute atomic E-state index is 11.5. The molecule has 1 N–H and O–H groups in total. The zero-order valence-corrected chi connectivity index (χ0v) is 17.6. The number of carbonyl (C=O) groups is 1. The van der Waals surface area contributed by atoms with E-state index in [1.165, 1.54) is 0 Å². The molecule has 1 rings (SSSR count). The summed E-state index contributed by atoms with van der Waals surface area (Å²) >= 11 is 17.5. The molecular formula is C17H23Cl3O4Si. The standard InChI is InChI=1S/C17H23Cl3O4Si/c1-23-15-8-9-16(24-2)14(12-15)11-13(17(21)22)7-5-3-4-6-10-25(18,19)20/h8-9,11-12H,3-7,10H2,1-2H3,(H,21,22)/b13-11+. The third-order valence-electron chi connectivity index (χ3n) is 3.70. The Balaban J connectivity index is 2.68. The van der Waals surface area contributed by atoms with Crippen molar-refractivity contribution in [2.45, 2.75) is 38.1 Å². The van der Waals surface area contributed by atoms with Crippen molar-refractivity contribution in [3.63, 3.8) is 0 Å². The summed E-state index contributed by atoms with van der Waals surface area (Å²) in [6.45, 7) is 0. The Morgan fingerprint density at radius 3 is 2.36 bits per heavy atom. The smallest absolute Gasteiger partial charge is 0.341 e. The third-order valence-corrected chi connectivity index (χ3v) is 6.32. The molecule has 1 aromatic rings. The van der Waals surface area contributed by atoms with Gasteiger partial charge in [-0.05, 0) is 43.2 Å². The Bertz CT molecular complexity index is 600. The Hall–Kier alpha value is -0.883. The molecule has 0 atom stereocenters. The Morgan fingerprint density at radius 2 is 1.80 bits per heavy atom. The van der Waals surface area contributed by atoms with Gasteiger partial charge in [0, 0.05) is 11.1 Å². The number of hydrogen-bond acceptors (Lipinski definition) is 3. The second-order valence-electron chi connectivity index (χ2n) is 5.61. The number of halogens is 3. The van der Waals surface area contributed by atoms with E-state index in [1.54, 1.807) is 38.5 Å². The predicted octanol–water partition coefficient (Wildman–Crippen LogP) is 5.78. The van der Waals surface area contributed by atoms with Gasteiger partial charge in [-0.25, -0.2) is 4.79 Å². The van der Waals surface area contributed by atoms with Crippen LogP contribution in [0, 0.1) is 0 Å². The van der Waals surface area contributed by atoms with Crippen molar-refractivity contribution in [2.24, 2.45) is 0 Å². The largest absolute Gasteiger partial charge is 0.497 e. The summed E-state index contributed by atoms with van der Waals surface area (Å²) in [4.78, 5) is 11.5. The quantitative estimate of drug-likeness (QED) is 0.211. The molecule has 1 aromatic carbocycles. The van der Waals surface area contributed by atoms with Crippen LogP contribution in [0.4, 0.5) is 0 Å². The number of unbranched alkanes of at least 4 members (excludes halogenated alkanes) is 3. The van der Waals surface area contributed by atoms with Crippen LogP contribution in [-0.4, -0.2) is 31.3 Å². The zero-order chi connectivity index (χ0) is 18.9. The molecule has 0 aromatic heterocycles. The van der Waals surface area contributed by atoms with Crippen molar-refractivity contribution in [3.8, 4) is 11.5 Å². The average Bonchev–Trinajstić information content (AvgIpc) is 2.55. The summed E-state index contributed by atoms with van der Waals surface area (Å²) in [7, 11) is 3.11. The number of carboxylic acid groups (broad SMARTS) is 1. The van der Waals surface area contributed by atoms with Crippen molar-refractivity contribution >= 4 is 51.3 Å². The Morgan fingerprint density at radius 1 is 1.12 bits per heavy atom. The highest BCUT2D eigenvalue weighted by atomic mass is 35.8. The minimum absolute atomic E-state index is 0.335. The first-order valence-corrected chi connectivity index (χ1v) is 13.2. The molecule has 0 saturated carbocycles. The molecule has 0 bridgehead atoms. The van der Waals surface area contributed by atoms with Crippen molar-refractivity contribution in [2.75, 3.05) is 14.2 Å². The minimum atomic E-state index is -2.54. The third kappa shape index (κ3) is 8.86. The topological polar surface area (TPSA) is 55.8 Å². The van der Waals surface area contributed by atoms with E-state index in [0.29, 0.717) is 35.1 Å². The number of benzene rings is 1. The monoisotopic (exact) mass is 424 g/mol. The molecule has 0 saturated heterocycles. The fourth-order valence-electron chi connectivity index (χ4n) is 2.38. The Labute approximate surface area is 163 Å². The summed E-state index contributed by atoms with van der Waals surface area (Å²) in [6.07, 6.45) is 5.56.